The van der Waals surface area contributed by atoms with Gasteiger partial charge in [-0.15, -0.1) is 0 Å². The molecular weight excluding hydrogens is 314 g/mol. The van der Waals surface area contributed by atoms with E-state index in [0.717, 1.165) is 0 Å². The minimum atomic E-state index is -0.512. The number of carbonyl (C=O) groups is 1. The Hall–Kier alpha value is -3.42. The van der Waals surface area contributed by atoms with Crippen LogP contribution in [0.5, 0.6) is 11.5 Å². The number of nitrogens with one attached hydrogen (secondary N) is 1. The Bertz CT molecular complexity index is 800. The second-order valence-corrected chi connectivity index (χ2v) is 5.03. The van der Waals surface area contributed by atoms with Gasteiger partial charge in [0, 0.05) is 23.8 Å². The summed E-state index contributed by atoms with van der Waals surface area (Å²) in [5, 5.41) is 33.4. The van der Waals surface area contributed by atoms with Crippen molar-refractivity contribution in [2.45, 2.75) is 13.3 Å². The Balaban J connectivity index is 2.00. The van der Waals surface area contributed by atoms with Crippen LogP contribution in [-0.4, -0.2) is 26.8 Å². The number of benzene rings is 2. The standard InChI is InChI=1S/C16H15N3O5/c1-10(14-7-6-13(20)9-15(14)21)17-18-16(22)8-11-2-4-12(5-3-11)19(23)24/h2-7,9,20-21H,8H2,1H3,(H,18,22)/b17-10+. The lowest BCUT2D eigenvalue weighted by Crippen LogP contribution is -2.21. The molecule has 124 valence electrons. The van der Waals surface area contributed by atoms with Gasteiger partial charge in [-0.25, -0.2) is 5.43 Å². The van der Waals surface area contributed by atoms with Gasteiger partial charge in [0.1, 0.15) is 11.5 Å². The van der Waals surface area contributed by atoms with Crippen LogP contribution in [0.15, 0.2) is 47.6 Å². The van der Waals surface area contributed by atoms with Gasteiger partial charge >= 0.3 is 0 Å². The van der Waals surface area contributed by atoms with Crippen molar-refractivity contribution in [3.63, 3.8) is 0 Å². The van der Waals surface area contributed by atoms with Crippen molar-refractivity contribution >= 4 is 17.3 Å². The Morgan fingerprint density at radius 1 is 1.21 bits per heavy atom. The average Bonchev–Trinajstić information content (AvgIpc) is 2.53. The summed E-state index contributed by atoms with van der Waals surface area (Å²) in [6.45, 7) is 1.60. The van der Waals surface area contributed by atoms with Crippen molar-refractivity contribution in [1.29, 1.82) is 0 Å². The van der Waals surface area contributed by atoms with Gasteiger partial charge in [0.05, 0.1) is 17.1 Å². The van der Waals surface area contributed by atoms with E-state index in [4.69, 9.17) is 0 Å². The molecule has 3 N–H and O–H groups in total. The van der Waals surface area contributed by atoms with E-state index in [1.165, 1.54) is 42.5 Å². The van der Waals surface area contributed by atoms with Crippen LogP contribution >= 0.6 is 0 Å². The molecule has 0 atom stereocenters. The zero-order valence-corrected chi connectivity index (χ0v) is 12.8. The van der Waals surface area contributed by atoms with E-state index in [2.05, 4.69) is 10.5 Å². The summed E-state index contributed by atoms with van der Waals surface area (Å²) in [6, 6.07) is 9.70. The van der Waals surface area contributed by atoms with E-state index < -0.39 is 10.8 Å². The third kappa shape index (κ3) is 4.29. The van der Waals surface area contributed by atoms with Crippen LogP contribution in [0.25, 0.3) is 0 Å². The summed E-state index contributed by atoms with van der Waals surface area (Å²) in [4.78, 5) is 21.9. The zero-order chi connectivity index (χ0) is 17.7. The number of amides is 1. The quantitative estimate of drug-likeness (QED) is 0.440. The lowest BCUT2D eigenvalue weighted by Gasteiger charge is -2.05. The molecule has 0 aliphatic heterocycles. The number of rotatable bonds is 5. The van der Waals surface area contributed by atoms with Gasteiger partial charge in [-0.3, -0.25) is 14.9 Å². The molecule has 2 rings (SSSR count). The van der Waals surface area contributed by atoms with E-state index in [-0.39, 0.29) is 23.6 Å². The first-order valence-corrected chi connectivity index (χ1v) is 6.95. The first-order chi connectivity index (χ1) is 11.4. The predicted molar refractivity (Wildman–Crippen MR) is 86.9 cm³/mol. The smallest absolute Gasteiger partial charge is 0.269 e. The molecule has 0 aliphatic carbocycles. The van der Waals surface area contributed by atoms with Crippen LogP contribution in [-0.2, 0) is 11.2 Å². The first kappa shape index (κ1) is 16.9. The second kappa shape index (κ2) is 7.23. The number of phenols is 2. The van der Waals surface area contributed by atoms with E-state index in [1.807, 2.05) is 0 Å². The summed E-state index contributed by atoms with van der Waals surface area (Å²) in [6.07, 6.45) is 0.0103. The number of hydrazone groups is 1. The minimum Gasteiger partial charge on any atom is -0.508 e. The highest BCUT2D eigenvalue weighted by atomic mass is 16.6. The Kier molecular flexibility index (Phi) is 5.10. The van der Waals surface area contributed by atoms with Gasteiger partial charge in [-0.1, -0.05) is 12.1 Å². The third-order valence-corrected chi connectivity index (χ3v) is 3.23. The molecule has 0 fully saturated rings. The van der Waals surface area contributed by atoms with Crippen molar-refractivity contribution < 1.29 is 19.9 Å². The molecule has 0 unspecified atom stereocenters. The topological polar surface area (TPSA) is 125 Å². The van der Waals surface area contributed by atoms with Gasteiger partial charge in [-0.05, 0) is 24.6 Å². The largest absolute Gasteiger partial charge is 0.508 e. The number of nitrogens with zero attached hydrogens (tertiary/aromatic N) is 2. The van der Waals surface area contributed by atoms with Crippen LogP contribution in [0.2, 0.25) is 0 Å². The maximum Gasteiger partial charge on any atom is 0.269 e. The summed E-state index contributed by atoms with van der Waals surface area (Å²) in [5.74, 6) is -0.631. The van der Waals surface area contributed by atoms with Gasteiger partial charge < -0.3 is 10.2 Å². The van der Waals surface area contributed by atoms with Crippen LogP contribution < -0.4 is 5.43 Å². The lowest BCUT2D eigenvalue weighted by atomic mass is 10.1. The summed E-state index contributed by atoms with van der Waals surface area (Å²) < 4.78 is 0. The van der Waals surface area contributed by atoms with Crippen molar-refractivity contribution in [3.8, 4) is 11.5 Å². The number of hydrogen-bond acceptors (Lipinski definition) is 6. The van der Waals surface area contributed by atoms with Crippen molar-refractivity contribution in [3.05, 3.63) is 63.7 Å². The summed E-state index contributed by atoms with van der Waals surface area (Å²) in [7, 11) is 0. The molecule has 1 amide bonds. The monoisotopic (exact) mass is 329 g/mol. The molecule has 2 aromatic rings. The second-order valence-electron chi connectivity index (χ2n) is 5.03. The molecule has 0 spiro atoms. The number of hydrogen-bond donors (Lipinski definition) is 3. The average molecular weight is 329 g/mol. The Labute approximate surface area is 137 Å². The molecule has 8 heteroatoms. The van der Waals surface area contributed by atoms with E-state index in [9.17, 15) is 25.1 Å². The van der Waals surface area contributed by atoms with Crippen LogP contribution in [0, 0.1) is 10.1 Å². The van der Waals surface area contributed by atoms with Gasteiger partial charge in [0.15, 0.2) is 0 Å². The molecule has 0 aromatic heterocycles. The lowest BCUT2D eigenvalue weighted by molar-refractivity contribution is -0.384. The van der Waals surface area contributed by atoms with Crippen LogP contribution in [0.1, 0.15) is 18.1 Å². The molecule has 0 bridgehead atoms. The first-order valence-electron chi connectivity index (χ1n) is 6.95. The van der Waals surface area contributed by atoms with E-state index in [0.29, 0.717) is 16.8 Å². The van der Waals surface area contributed by atoms with Crippen molar-refractivity contribution in [1.82, 2.24) is 5.43 Å². The fourth-order valence-corrected chi connectivity index (χ4v) is 1.99. The highest BCUT2D eigenvalue weighted by molar-refractivity contribution is 6.01. The number of carbonyl (C=O) groups excluding carboxylic acids is 1. The molecular formula is C16H15N3O5. The molecule has 2 aromatic carbocycles. The summed E-state index contributed by atoms with van der Waals surface area (Å²) >= 11 is 0. The maximum atomic E-state index is 11.9. The van der Waals surface area contributed by atoms with Crippen molar-refractivity contribution in [2.24, 2.45) is 5.10 Å². The highest BCUT2D eigenvalue weighted by Crippen LogP contribution is 2.22. The third-order valence-electron chi connectivity index (χ3n) is 3.23. The predicted octanol–water partition coefficient (Wildman–Crippen LogP) is 2.09. The number of nitro benzene ring substituents is 1. The van der Waals surface area contributed by atoms with Crippen LogP contribution in [0.3, 0.4) is 0 Å². The fraction of sp³-hybridized carbons (Fsp3) is 0.125. The number of non-ortho nitro benzene ring substituents is 1. The molecule has 8 nitrogen and oxygen atoms in total. The Morgan fingerprint density at radius 3 is 2.46 bits per heavy atom. The molecule has 0 radical (unpaired) electrons. The van der Waals surface area contributed by atoms with E-state index in [1.54, 1.807) is 6.92 Å². The molecule has 0 saturated heterocycles. The Morgan fingerprint density at radius 2 is 1.88 bits per heavy atom. The van der Waals surface area contributed by atoms with Crippen LogP contribution in [0.4, 0.5) is 5.69 Å². The zero-order valence-electron chi connectivity index (χ0n) is 12.8. The molecule has 0 heterocycles. The van der Waals surface area contributed by atoms with E-state index >= 15 is 0 Å². The van der Waals surface area contributed by atoms with Gasteiger partial charge in [-0.2, -0.15) is 5.10 Å². The normalized spacial score (nSPS) is 11.1. The van der Waals surface area contributed by atoms with Gasteiger partial charge in [0.2, 0.25) is 5.91 Å². The van der Waals surface area contributed by atoms with Crippen molar-refractivity contribution in [2.75, 3.05) is 0 Å². The maximum absolute atomic E-state index is 11.9. The van der Waals surface area contributed by atoms with Gasteiger partial charge in [0.25, 0.3) is 5.69 Å². The highest BCUT2D eigenvalue weighted by Gasteiger charge is 2.09. The minimum absolute atomic E-state index is 0.0103. The number of phenolic OH excluding ortho intramolecular Hbond substituents is 2. The summed E-state index contributed by atoms with van der Waals surface area (Å²) in [5.41, 5.74) is 3.66. The molecule has 0 aliphatic rings. The molecule has 0 saturated carbocycles. The SMILES string of the molecule is C/C(=N\NC(=O)Cc1ccc([N+](=O)[O-])cc1)c1ccc(O)cc1O. The number of aromatic hydroxyl groups is 2. The fourth-order valence-electron chi connectivity index (χ4n) is 1.99. The molecule has 24 heavy (non-hydrogen) atoms. The number of nitro groups is 1.